The minimum Gasteiger partial charge on any atom is -0.479 e. The molecule has 0 bridgehead atoms. The van der Waals surface area contributed by atoms with Gasteiger partial charge in [0, 0.05) is 15.8 Å². The fourth-order valence-electron chi connectivity index (χ4n) is 5.01. The molecule has 0 saturated heterocycles. The average Bonchev–Trinajstić information content (AvgIpc) is 3.28. The average molecular weight is 492 g/mol. The third-order valence-corrected chi connectivity index (χ3v) is 7.47. The Balaban J connectivity index is 1.33. The zero-order valence-corrected chi connectivity index (χ0v) is 19.1. The van der Waals surface area contributed by atoms with Crippen molar-refractivity contribution in [2.45, 2.75) is 30.2 Å². The highest BCUT2D eigenvalue weighted by Crippen LogP contribution is 2.57. The van der Waals surface area contributed by atoms with Crippen LogP contribution >= 0.6 is 15.9 Å². The first-order chi connectivity index (χ1) is 15.4. The molecule has 0 radical (unpaired) electrons. The van der Waals surface area contributed by atoms with Crippen LogP contribution in [0.3, 0.4) is 0 Å². The summed E-state index contributed by atoms with van der Waals surface area (Å²) in [7, 11) is 0. The number of fused-ring (bicyclic) bond motifs is 3. The fourth-order valence-corrected chi connectivity index (χ4v) is 5.27. The number of hydrogen-bond donors (Lipinski definition) is 2. The van der Waals surface area contributed by atoms with Crippen LogP contribution in [0.2, 0.25) is 0 Å². The van der Waals surface area contributed by atoms with Gasteiger partial charge in [0.25, 0.3) is 0 Å². The molecular formula is C26H22BrNO4. The molecule has 1 amide bonds. The van der Waals surface area contributed by atoms with Crippen molar-refractivity contribution in [3.8, 4) is 11.1 Å². The second kappa shape index (κ2) is 7.48. The number of ether oxygens (including phenoxy) is 1. The number of benzene rings is 3. The number of carbonyl (C=O) groups excluding carboxylic acids is 1. The summed E-state index contributed by atoms with van der Waals surface area (Å²) in [5.74, 6) is -1.14. The van der Waals surface area contributed by atoms with Crippen molar-refractivity contribution >= 4 is 28.0 Å². The first-order valence-corrected chi connectivity index (χ1v) is 11.3. The van der Waals surface area contributed by atoms with Gasteiger partial charge in [0.15, 0.2) is 5.54 Å². The third-order valence-electron chi connectivity index (χ3n) is 6.94. The van der Waals surface area contributed by atoms with Gasteiger partial charge in [0.05, 0.1) is 0 Å². The third kappa shape index (κ3) is 3.13. The van der Waals surface area contributed by atoms with Crippen LogP contribution < -0.4 is 5.32 Å². The van der Waals surface area contributed by atoms with Gasteiger partial charge in [-0.1, -0.05) is 83.5 Å². The van der Waals surface area contributed by atoms with Crippen LogP contribution in [0.15, 0.2) is 77.3 Å². The lowest BCUT2D eigenvalue weighted by molar-refractivity contribution is -0.141. The molecule has 6 heteroatoms. The van der Waals surface area contributed by atoms with Crippen LogP contribution in [0.4, 0.5) is 4.79 Å². The molecule has 2 aliphatic carbocycles. The standard InChI is InChI=1S/C26H22BrNO4/c1-25(16-10-12-17(27)13-11-16)15-26(25,23(29)30)28-24(31)32-14-22-20-8-4-2-6-18(20)19-7-3-5-9-21(19)22/h2-13,22H,14-15H2,1H3,(H,28,31)(H,29,30). The van der Waals surface area contributed by atoms with Crippen LogP contribution in [-0.2, 0) is 14.9 Å². The van der Waals surface area contributed by atoms with Gasteiger partial charge in [-0.2, -0.15) is 0 Å². The van der Waals surface area contributed by atoms with Gasteiger partial charge in [-0.05, 0) is 46.4 Å². The Hall–Kier alpha value is -3.12. The lowest BCUT2D eigenvalue weighted by Gasteiger charge is -2.22. The molecule has 3 aromatic carbocycles. The Morgan fingerprint density at radius 3 is 2.12 bits per heavy atom. The molecule has 2 N–H and O–H groups in total. The second-order valence-corrected chi connectivity index (χ2v) is 9.59. The van der Waals surface area contributed by atoms with Crippen molar-refractivity contribution in [3.63, 3.8) is 0 Å². The second-order valence-electron chi connectivity index (χ2n) is 8.68. The van der Waals surface area contributed by atoms with Gasteiger partial charge in [0.1, 0.15) is 6.61 Å². The monoisotopic (exact) mass is 491 g/mol. The quantitative estimate of drug-likeness (QED) is 0.495. The Labute approximate surface area is 194 Å². The highest BCUT2D eigenvalue weighted by Gasteiger charge is 2.71. The zero-order valence-electron chi connectivity index (χ0n) is 17.5. The summed E-state index contributed by atoms with van der Waals surface area (Å²) in [5.41, 5.74) is 3.28. The Morgan fingerprint density at radius 2 is 1.56 bits per heavy atom. The van der Waals surface area contributed by atoms with E-state index in [1.807, 2.05) is 67.6 Å². The summed E-state index contributed by atoms with van der Waals surface area (Å²) >= 11 is 3.40. The molecule has 0 spiro atoms. The number of rotatable bonds is 5. The zero-order chi connectivity index (χ0) is 22.5. The predicted octanol–water partition coefficient (Wildman–Crippen LogP) is 5.47. The topological polar surface area (TPSA) is 75.6 Å². The number of nitrogens with one attached hydrogen (secondary N) is 1. The maximum Gasteiger partial charge on any atom is 0.408 e. The smallest absolute Gasteiger partial charge is 0.408 e. The number of amides is 1. The molecule has 0 heterocycles. The molecule has 1 saturated carbocycles. The molecule has 0 aromatic heterocycles. The van der Waals surface area contributed by atoms with E-state index in [9.17, 15) is 14.7 Å². The highest BCUT2D eigenvalue weighted by atomic mass is 79.9. The summed E-state index contributed by atoms with van der Waals surface area (Å²) < 4.78 is 6.51. The van der Waals surface area contributed by atoms with Gasteiger partial charge >= 0.3 is 12.1 Å². The molecule has 2 atom stereocenters. The van der Waals surface area contributed by atoms with Crippen molar-refractivity contribution in [2.24, 2.45) is 0 Å². The van der Waals surface area contributed by atoms with E-state index in [0.29, 0.717) is 6.42 Å². The van der Waals surface area contributed by atoms with E-state index < -0.39 is 23.0 Å². The molecule has 5 nitrogen and oxygen atoms in total. The Bertz CT molecular complexity index is 1180. The molecular weight excluding hydrogens is 470 g/mol. The summed E-state index contributed by atoms with van der Waals surface area (Å²) in [4.78, 5) is 24.9. The van der Waals surface area contributed by atoms with Crippen molar-refractivity contribution in [1.29, 1.82) is 0 Å². The molecule has 32 heavy (non-hydrogen) atoms. The minimum atomic E-state index is -1.39. The van der Waals surface area contributed by atoms with Crippen LogP contribution in [0, 0.1) is 0 Å². The first kappa shape index (κ1) is 20.8. The molecule has 2 aliphatic rings. The maximum atomic E-state index is 12.8. The van der Waals surface area contributed by atoms with E-state index in [0.717, 1.165) is 32.3 Å². The molecule has 2 unspecified atom stereocenters. The number of carbonyl (C=O) groups is 2. The van der Waals surface area contributed by atoms with Gasteiger partial charge in [-0.25, -0.2) is 9.59 Å². The van der Waals surface area contributed by atoms with Crippen molar-refractivity contribution < 1.29 is 19.4 Å². The van der Waals surface area contributed by atoms with E-state index in [1.54, 1.807) is 0 Å². The fraction of sp³-hybridized carbons (Fsp3) is 0.231. The lowest BCUT2D eigenvalue weighted by atomic mass is 9.92. The summed E-state index contributed by atoms with van der Waals surface area (Å²) in [6.45, 7) is 2.00. The molecule has 0 aliphatic heterocycles. The van der Waals surface area contributed by atoms with Gasteiger partial charge in [0.2, 0.25) is 0 Å². The lowest BCUT2D eigenvalue weighted by Crippen LogP contribution is -2.48. The normalized spacial score (nSPS) is 23.2. The number of alkyl carbamates (subject to hydrolysis) is 1. The van der Waals surface area contributed by atoms with Gasteiger partial charge < -0.3 is 15.2 Å². The number of carboxylic acids is 1. The van der Waals surface area contributed by atoms with E-state index in [2.05, 4.69) is 33.4 Å². The van der Waals surface area contributed by atoms with Crippen LogP contribution in [0.1, 0.15) is 36.0 Å². The molecule has 3 aromatic rings. The van der Waals surface area contributed by atoms with E-state index in [4.69, 9.17) is 4.74 Å². The van der Waals surface area contributed by atoms with E-state index >= 15 is 0 Å². The van der Waals surface area contributed by atoms with Crippen LogP contribution in [-0.4, -0.2) is 29.3 Å². The van der Waals surface area contributed by atoms with Crippen molar-refractivity contribution in [3.05, 3.63) is 94.0 Å². The number of halogens is 1. The molecule has 5 rings (SSSR count). The van der Waals surface area contributed by atoms with Gasteiger partial charge in [-0.15, -0.1) is 0 Å². The number of aliphatic carboxylic acids is 1. The predicted molar refractivity (Wildman–Crippen MR) is 125 cm³/mol. The first-order valence-electron chi connectivity index (χ1n) is 10.5. The SMILES string of the molecule is CC1(c2ccc(Br)cc2)CC1(NC(=O)OCC1c2ccccc2-c2ccccc21)C(=O)O. The number of carboxylic acid groups (broad SMARTS) is 1. The Morgan fingerprint density at radius 1 is 1.00 bits per heavy atom. The van der Waals surface area contributed by atoms with E-state index in [-0.39, 0.29) is 12.5 Å². The Kier molecular flexibility index (Phi) is 4.86. The van der Waals surface area contributed by atoms with Crippen LogP contribution in [0.25, 0.3) is 11.1 Å². The molecule has 162 valence electrons. The number of hydrogen-bond acceptors (Lipinski definition) is 3. The van der Waals surface area contributed by atoms with Crippen molar-refractivity contribution in [1.82, 2.24) is 5.32 Å². The van der Waals surface area contributed by atoms with Gasteiger partial charge in [-0.3, -0.25) is 0 Å². The van der Waals surface area contributed by atoms with E-state index in [1.165, 1.54) is 0 Å². The highest BCUT2D eigenvalue weighted by molar-refractivity contribution is 9.10. The summed E-state index contributed by atoms with van der Waals surface area (Å²) in [6.07, 6.45) is -0.406. The maximum absolute atomic E-state index is 12.8. The summed E-state index contributed by atoms with van der Waals surface area (Å²) in [6, 6.07) is 23.7. The minimum absolute atomic E-state index is 0.0778. The molecule has 1 fully saturated rings. The summed E-state index contributed by atoms with van der Waals surface area (Å²) in [5, 5.41) is 12.6. The van der Waals surface area contributed by atoms with Crippen LogP contribution in [0.5, 0.6) is 0 Å². The van der Waals surface area contributed by atoms with Crippen molar-refractivity contribution in [2.75, 3.05) is 6.61 Å². The largest absolute Gasteiger partial charge is 0.479 e.